The summed E-state index contributed by atoms with van der Waals surface area (Å²) in [6, 6.07) is 4.82. The van der Waals surface area contributed by atoms with E-state index in [0.29, 0.717) is 5.56 Å². The van der Waals surface area contributed by atoms with Crippen molar-refractivity contribution in [2.45, 2.75) is 37.2 Å². The quantitative estimate of drug-likeness (QED) is 0.696. The molecule has 0 unspecified atom stereocenters. The minimum absolute atomic E-state index is 0.0157. The van der Waals surface area contributed by atoms with Gasteiger partial charge in [0, 0.05) is 12.2 Å². The van der Waals surface area contributed by atoms with Crippen LogP contribution in [-0.4, -0.2) is 24.9 Å². The zero-order valence-electron chi connectivity index (χ0n) is 14.1. The molecule has 1 aromatic carbocycles. The van der Waals surface area contributed by atoms with E-state index in [1.54, 1.807) is 13.1 Å². The number of aromatic nitrogens is 1. The number of carbonyl (C=O) groups is 1. The molecule has 1 heterocycles. The van der Waals surface area contributed by atoms with E-state index in [2.05, 4.69) is 4.72 Å². The molecule has 26 heavy (non-hydrogen) atoms. The van der Waals surface area contributed by atoms with Crippen molar-refractivity contribution in [1.29, 1.82) is 5.41 Å². The Labute approximate surface area is 150 Å². The lowest BCUT2D eigenvalue weighted by molar-refractivity contribution is 0.0997. The summed E-state index contributed by atoms with van der Waals surface area (Å²) >= 11 is 0. The van der Waals surface area contributed by atoms with E-state index < -0.39 is 21.7 Å². The fourth-order valence-electron chi connectivity index (χ4n) is 2.71. The number of hydrogen-bond acceptors (Lipinski definition) is 4. The van der Waals surface area contributed by atoms with Crippen molar-refractivity contribution >= 4 is 15.9 Å². The molecule has 0 atom stereocenters. The highest BCUT2D eigenvalue weighted by atomic mass is 32.2. The molecule has 4 N–H and O–H groups in total. The van der Waals surface area contributed by atoms with Gasteiger partial charge in [-0.25, -0.2) is 17.5 Å². The van der Waals surface area contributed by atoms with Gasteiger partial charge in [0.2, 0.25) is 10.0 Å². The lowest BCUT2D eigenvalue weighted by atomic mass is 10.1. The molecule has 138 valence electrons. The smallest absolute Gasteiger partial charge is 0.252 e. The first-order valence-corrected chi connectivity index (χ1v) is 9.52. The lowest BCUT2D eigenvalue weighted by Crippen LogP contribution is -2.31. The van der Waals surface area contributed by atoms with Crippen molar-refractivity contribution in [2.24, 2.45) is 5.73 Å². The average molecular weight is 378 g/mol. The maximum Gasteiger partial charge on any atom is 0.252 e. The van der Waals surface area contributed by atoms with Crippen LogP contribution in [0.4, 0.5) is 4.39 Å². The van der Waals surface area contributed by atoms with Crippen LogP contribution in [0.15, 0.2) is 35.4 Å². The van der Waals surface area contributed by atoms with Crippen molar-refractivity contribution in [3.63, 3.8) is 0 Å². The zero-order chi connectivity index (χ0) is 19.1. The van der Waals surface area contributed by atoms with Gasteiger partial charge in [0.05, 0.1) is 17.0 Å². The number of carbonyl (C=O) groups excluding carboxylic acids is 1. The van der Waals surface area contributed by atoms with Gasteiger partial charge in [-0.05, 0) is 55.2 Å². The van der Waals surface area contributed by atoms with Crippen LogP contribution in [0.1, 0.15) is 34.3 Å². The summed E-state index contributed by atoms with van der Waals surface area (Å²) in [5, 5.41) is 8.13. The van der Waals surface area contributed by atoms with Crippen LogP contribution in [0.3, 0.4) is 0 Å². The summed E-state index contributed by atoms with van der Waals surface area (Å²) in [5.41, 5.74) is 6.01. The molecule has 0 radical (unpaired) electrons. The van der Waals surface area contributed by atoms with Crippen LogP contribution in [0, 0.1) is 18.2 Å². The Morgan fingerprint density at radius 2 is 2.08 bits per heavy atom. The predicted octanol–water partition coefficient (Wildman–Crippen LogP) is 1.00. The normalized spacial score (nSPS) is 14.4. The SMILES string of the molecule is Cc1cc(C(N)=O)c(=N)n(Cc2cc(F)ccc2S(=O)(=O)NC2CC2)c1. The van der Waals surface area contributed by atoms with Crippen molar-refractivity contribution in [3.8, 4) is 0 Å². The highest BCUT2D eigenvalue weighted by Gasteiger charge is 2.29. The Bertz CT molecular complexity index is 1040. The predicted molar refractivity (Wildman–Crippen MR) is 92.4 cm³/mol. The van der Waals surface area contributed by atoms with E-state index in [4.69, 9.17) is 11.1 Å². The van der Waals surface area contributed by atoms with Crippen LogP contribution < -0.4 is 15.9 Å². The number of sulfonamides is 1. The Balaban J connectivity index is 2.07. The third-order valence-electron chi connectivity index (χ3n) is 4.09. The summed E-state index contributed by atoms with van der Waals surface area (Å²) in [5.74, 6) is -1.34. The van der Waals surface area contributed by atoms with Gasteiger partial charge in [-0.3, -0.25) is 10.2 Å². The third-order valence-corrected chi connectivity index (χ3v) is 5.71. The molecule has 1 amide bonds. The Hall–Kier alpha value is -2.52. The number of amides is 1. The minimum Gasteiger partial charge on any atom is -0.365 e. The Kier molecular flexibility index (Phi) is 4.68. The molecular weight excluding hydrogens is 359 g/mol. The van der Waals surface area contributed by atoms with E-state index in [1.807, 2.05) is 0 Å². The molecule has 1 aromatic heterocycles. The summed E-state index contributed by atoms with van der Waals surface area (Å²) in [4.78, 5) is 11.5. The molecule has 0 aliphatic heterocycles. The number of nitrogens with one attached hydrogen (secondary N) is 2. The van der Waals surface area contributed by atoms with Crippen LogP contribution in [0.2, 0.25) is 0 Å². The average Bonchev–Trinajstić information content (AvgIpc) is 3.33. The van der Waals surface area contributed by atoms with Crippen LogP contribution in [0.25, 0.3) is 0 Å². The number of hydrogen-bond donors (Lipinski definition) is 3. The first kappa shape index (κ1) is 18.3. The first-order chi connectivity index (χ1) is 12.2. The fourth-order valence-corrected chi connectivity index (χ4v) is 4.23. The first-order valence-electron chi connectivity index (χ1n) is 8.03. The molecule has 1 aliphatic rings. The number of nitrogens with zero attached hydrogens (tertiary/aromatic N) is 1. The third kappa shape index (κ3) is 3.83. The van der Waals surface area contributed by atoms with Gasteiger partial charge in [0.25, 0.3) is 5.91 Å². The Morgan fingerprint density at radius 3 is 2.69 bits per heavy atom. The number of primary amides is 1. The summed E-state index contributed by atoms with van der Waals surface area (Å²) < 4.78 is 42.8. The van der Waals surface area contributed by atoms with Gasteiger partial charge in [-0.2, -0.15) is 0 Å². The van der Waals surface area contributed by atoms with Crippen LogP contribution in [-0.2, 0) is 16.6 Å². The van der Waals surface area contributed by atoms with E-state index in [-0.39, 0.29) is 34.1 Å². The van der Waals surface area contributed by atoms with E-state index in [9.17, 15) is 17.6 Å². The summed E-state index contributed by atoms with van der Waals surface area (Å²) in [6.07, 6.45) is 3.15. The second-order valence-electron chi connectivity index (χ2n) is 6.42. The summed E-state index contributed by atoms with van der Waals surface area (Å²) in [7, 11) is -3.80. The van der Waals surface area contributed by atoms with Gasteiger partial charge >= 0.3 is 0 Å². The molecule has 0 bridgehead atoms. The van der Waals surface area contributed by atoms with Crippen molar-refractivity contribution in [1.82, 2.24) is 9.29 Å². The van der Waals surface area contributed by atoms with Crippen molar-refractivity contribution < 1.29 is 17.6 Å². The fraction of sp³-hybridized carbons (Fsp3) is 0.294. The van der Waals surface area contributed by atoms with Crippen LogP contribution >= 0.6 is 0 Å². The Morgan fingerprint density at radius 1 is 1.38 bits per heavy atom. The number of pyridine rings is 1. The molecule has 9 heteroatoms. The number of aryl methyl sites for hydroxylation is 1. The monoisotopic (exact) mass is 378 g/mol. The van der Waals surface area contributed by atoms with Gasteiger partial charge < -0.3 is 10.3 Å². The van der Waals surface area contributed by atoms with Crippen LogP contribution in [0.5, 0.6) is 0 Å². The lowest BCUT2D eigenvalue weighted by Gasteiger charge is -2.15. The molecule has 1 fully saturated rings. The molecule has 3 rings (SSSR count). The van der Waals surface area contributed by atoms with E-state index >= 15 is 0 Å². The number of rotatable bonds is 6. The van der Waals surface area contributed by atoms with Gasteiger partial charge in [0.1, 0.15) is 11.3 Å². The van der Waals surface area contributed by atoms with Gasteiger partial charge in [-0.1, -0.05) is 0 Å². The number of nitrogens with two attached hydrogens (primary N) is 1. The highest BCUT2D eigenvalue weighted by Crippen LogP contribution is 2.24. The maximum absolute atomic E-state index is 13.8. The standard InChI is InChI=1S/C17H19FN4O3S/c1-10-6-14(17(20)23)16(19)22(8-10)9-11-7-12(18)2-5-15(11)26(24,25)21-13-3-4-13/h2,5-8,13,19,21H,3-4,9H2,1H3,(H2,20,23). The van der Waals surface area contributed by atoms with Gasteiger partial charge in [-0.15, -0.1) is 0 Å². The molecule has 1 aliphatic carbocycles. The van der Waals surface area contributed by atoms with Gasteiger partial charge in [0.15, 0.2) is 0 Å². The molecule has 7 nitrogen and oxygen atoms in total. The topological polar surface area (TPSA) is 118 Å². The maximum atomic E-state index is 13.8. The van der Waals surface area contributed by atoms with E-state index in [1.165, 1.54) is 16.7 Å². The minimum atomic E-state index is -3.80. The van der Waals surface area contributed by atoms with E-state index in [0.717, 1.165) is 25.0 Å². The summed E-state index contributed by atoms with van der Waals surface area (Å²) in [6.45, 7) is 1.64. The second kappa shape index (κ2) is 6.65. The zero-order valence-corrected chi connectivity index (χ0v) is 14.9. The number of benzene rings is 1. The molecule has 1 saturated carbocycles. The van der Waals surface area contributed by atoms with Crippen molar-refractivity contribution in [3.05, 3.63) is 58.5 Å². The molecule has 0 saturated heterocycles. The molecule has 2 aromatic rings. The highest BCUT2D eigenvalue weighted by molar-refractivity contribution is 7.89. The van der Waals surface area contributed by atoms with Crippen molar-refractivity contribution in [2.75, 3.05) is 0 Å². The largest absolute Gasteiger partial charge is 0.365 e. The molecular formula is C17H19FN4O3S. The second-order valence-corrected chi connectivity index (χ2v) is 8.10. The number of halogens is 1. The molecule has 0 spiro atoms.